The lowest BCUT2D eigenvalue weighted by Gasteiger charge is -2.24. The van der Waals surface area contributed by atoms with Gasteiger partial charge < -0.3 is 10.2 Å². The maximum atomic E-state index is 13.0. The number of carbonyl (C=O) groups excluding carboxylic acids is 2. The van der Waals surface area contributed by atoms with Crippen molar-refractivity contribution in [3.05, 3.63) is 74.6 Å². The van der Waals surface area contributed by atoms with E-state index in [4.69, 9.17) is 0 Å². The second-order valence-electron chi connectivity index (χ2n) is 7.39. The molecule has 4 rings (SSSR count). The van der Waals surface area contributed by atoms with Crippen molar-refractivity contribution < 1.29 is 14.5 Å². The van der Waals surface area contributed by atoms with Gasteiger partial charge in [0.05, 0.1) is 4.92 Å². The summed E-state index contributed by atoms with van der Waals surface area (Å²) in [6.45, 7) is 2.51. The van der Waals surface area contributed by atoms with Crippen molar-refractivity contribution in [3.63, 3.8) is 0 Å². The molecular weight excluding hydrogens is 402 g/mol. The fraction of sp³-hybridized carbons (Fsp3) is 0.273. The minimum Gasteiger partial charge on any atom is -0.350 e. The van der Waals surface area contributed by atoms with E-state index in [-0.39, 0.29) is 17.5 Å². The number of nitro benzene ring substituents is 1. The van der Waals surface area contributed by atoms with Crippen LogP contribution in [0, 0.1) is 17.0 Å². The van der Waals surface area contributed by atoms with E-state index in [9.17, 15) is 19.7 Å². The van der Waals surface area contributed by atoms with Crippen LogP contribution in [0.15, 0.2) is 47.8 Å². The van der Waals surface area contributed by atoms with Crippen molar-refractivity contribution >= 4 is 38.9 Å². The molecule has 1 unspecified atom stereocenters. The van der Waals surface area contributed by atoms with Gasteiger partial charge in [0, 0.05) is 35.0 Å². The molecule has 30 heavy (non-hydrogen) atoms. The van der Waals surface area contributed by atoms with Gasteiger partial charge in [0.15, 0.2) is 0 Å². The van der Waals surface area contributed by atoms with Crippen LogP contribution in [0.4, 0.5) is 5.69 Å². The van der Waals surface area contributed by atoms with Crippen molar-refractivity contribution in [3.8, 4) is 0 Å². The molecule has 1 aliphatic heterocycles. The van der Waals surface area contributed by atoms with Gasteiger partial charge in [-0.25, -0.2) is 0 Å². The number of nitro groups is 1. The molecule has 1 fully saturated rings. The van der Waals surface area contributed by atoms with E-state index in [2.05, 4.69) is 11.4 Å². The van der Waals surface area contributed by atoms with Crippen LogP contribution in [0.1, 0.15) is 34.3 Å². The summed E-state index contributed by atoms with van der Waals surface area (Å²) in [6.07, 6.45) is 1.35. The van der Waals surface area contributed by atoms with Crippen molar-refractivity contribution in [1.29, 1.82) is 0 Å². The average molecular weight is 423 g/mol. The highest BCUT2D eigenvalue weighted by atomic mass is 32.1. The average Bonchev–Trinajstić information content (AvgIpc) is 3.38. The number of fused-ring (bicyclic) bond motifs is 1. The Kier molecular flexibility index (Phi) is 5.50. The molecule has 2 amide bonds. The Morgan fingerprint density at radius 2 is 2.07 bits per heavy atom. The molecule has 2 aromatic carbocycles. The summed E-state index contributed by atoms with van der Waals surface area (Å²) in [5, 5.41) is 17.2. The number of carbonyl (C=O) groups is 2. The Morgan fingerprint density at radius 3 is 2.83 bits per heavy atom. The summed E-state index contributed by atoms with van der Waals surface area (Å²) in [5.41, 5.74) is 1.83. The minimum atomic E-state index is -0.530. The zero-order valence-corrected chi connectivity index (χ0v) is 17.3. The zero-order valence-electron chi connectivity index (χ0n) is 16.5. The largest absolute Gasteiger partial charge is 0.350 e. The fourth-order valence-corrected chi connectivity index (χ4v) is 4.87. The number of amides is 2. The summed E-state index contributed by atoms with van der Waals surface area (Å²) in [5.74, 6) is -0.443. The van der Waals surface area contributed by atoms with E-state index in [0.717, 1.165) is 17.4 Å². The number of nitrogens with one attached hydrogen (secondary N) is 1. The van der Waals surface area contributed by atoms with Crippen molar-refractivity contribution in [2.24, 2.45) is 0 Å². The van der Waals surface area contributed by atoms with Gasteiger partial charge in [0.25, 0.3) is 11.6 Å². The number of hydrogen-bond acceptors (Lipinski definition) is 5. The fourth-order valence-electron chi connectivity index (χ4n) is 3.91. The maximum Gasteiger partial charge on any atom is 0.272 e. The van der Waals surface area contributed by atoms with Gasteiger partial charge >= 0.3 is 0 Å². The second kappa shape index (κ2) is 8.23. The van der Waals surface area contributed by atoms with Crippen molar-refractivity contribution in [2.75, 3.05) is 6.54 Å². The summed E-state index contributed by atoms with van der Waals surface area (Å²) in [4.78, 5) is 37.9. The molecule has 1 N–H and O–H groups in total. The molecule has 0 spiro atoms. The highest BCUT2D eigenvalue weighted by Gasteiger charge is 2.34. The van der Waals surface area contributed by atoms with Crippen LogP contribution < -0.4 is 5.32 Å². The Bertz CT molecular complexity index is 1140. The van der Waals surface area contributed by atoms with Crippen LogP contribution >= 0.6 is 11.3 Å². The molecule has 1 atom stereocenters. The second-order valence-corrected chi connectivity index (χ2v) is 8.30. The van der Waals surface area contributed by atoms with Crippen LogP contribution in [0.2, 0.25) is 0 Å². The highest BCUT2D eigenvalue weighted by molar-refractivity contribution is 7.17. The molecule has 8 heteroatoms. The van der Waals surface area contributed by atoms with Crippen molar-refractivity contribution in [2.45, 2.75) is 32.4 Å². The first kappa shape index (κ1) is 20.0. The van der Waals surface area contributed by atoms with Crippen LogP contribution in [0.3, 0.4) is 0 Å². The Labute approximate surface area is 177 Å². The molecule has 1 aromatic heterocycles. The Balaban J connectivity index is 1.46. The Hall–Kier alpha value is -3.26. The predicted octanol–water partition coefficient (Wildman–Crippen LogP) is 4.04. The maximum absolute atomic E-state index is 13.0. The molecule has 2 heterocycles. The molecule has 7 nitrogen and oxygen atoms in total. The predicted molar refractivity (Wildman–Crippen MR) is 116 cm³/mol. The topological polar surface area (TPSA) is 92.6 Å². The quantitative estimate of drug-likeness (QED) is 0.495. The van der Waals surface area contributed by atoms with E-state index < -0.39 is 11.0 Å². The van der Waals surface area contributed by atoms with E-state index in [1.54, 1.807) is 23.2 Å². The summed E-state index contributed by atoms with van der Waals surface area (Å²) < 4.78 is 1.17. The first-order valence-corrected chi connectivity index (χ1v) is 10.6. The molecule has 1 aliphatic rings. The van der Waals surface area contributed by atoms with E-state index in [1.807, 2.05) is 23.6 Å². The number of benzene rings is 2. The number of aryl methyl sites for hydroxylation is 1. The van der Waals surface area contributed by atoms with Crippen LogP contribution in [0.5, 0.6) is 0 Å². The lowest BCUT2D eigenvalue weighted by molar-refractivity contribution is -0.385. The van der Waals surface area contributed by atoms with Gasteiger partial charge in [-0.05, 0) is 54.3 Å². The van der Waals surface area contributed by atoms with Gasteiger partial charge in [-0.3, -0.25) is 19.7 Å². The number of rotatable bonds is 5. The lowest BCUT2D eigenvalue weighted by atomic mass is 10.1. The summed E-state index contributed by atoms with van der Waals surface area (Å²) in [6, 6.07) is 11.8. The number of nitrogens with zero attached hydrogens (tertiary/aromatic N) is 2. The van der Waals surface area contributed by atoms with Gasteiger partial charge in [-0.1, -0.05) is 18.2 Å². The third-order valence-electron chi connectivity index (χ3n) is 5.47. The zero-order chi connectivity index (χ0) is 21.3. The smallest absolute Gasteiger partial charge is 0.272 e. The monoisotopic (exact) mass is 423 g/mol. The van der Waals surface area contributed by atoms with Gasteiger partial charge in [-0.15, -0.1) is 11.3 Å². The highest BCUT2D eigenvalue weighted by Crippen LogP contribution is 2.26. The van der Waals surface area contributed by atoms with Gasteiger partial charge in [-0.2, -0.15) is 0 Å². The molecule has 0 aliphatic carbocycles. The van der Waals surface area contributed by atoms with Crippen LogP contribution in [0.25, 0.3) is 10.1 Å². The third kappa shape index (κ3) is 3.78. The lowest BCUT2D eigenvalue weighted by Crippen LogP contribution is -2.45. The third-order valence-corrected chi connectivity index (χ3v) is 6.48. The van der Waals surface area contributed by atoms with E-state index >= 15 is 0 Å². The van der Waals surface area contributed by atoms with Gasteiger partial charge in [0.1, 0.15) is 6.04 Å². The molecular formula is C22H21N3O4S. The van der Waals surface area contributed by atoms with Crippen LogP contribution in [-0.4, -0.2) is 34.2 Å². The first-order valence-electron chi connectivity index (χ1n) is 9.74. The SMILES string of the molecule is Cc1cc(C(=O)N2CCCC2C(=O)NCc2csc3ccccc23)ccc1[N+](=O)[O-]. The molecule has 1 saturated heterocycles. The number of hydrogen-bond donors (Lipinski definition) is 1. The Morgan fingerprint density at radius 1 is 1.27 bits per heavy atom. The summed E-state index contributed by atoms with van der Waals surface area (Å²) >= 11 is 1.64. The summed E-state index contributed by atoms with van der Waals surface area (Å²) in [7, 11) is 0. The number of likely N-dealkylation sites (tertiary alicyclic amines) is 1. The molecule has 154 valence electrons. The normalized spacial score (nSPS) is 16.0. The van der Waals surface area contributed by atoms with Crippen LogP contribution in [-0.2, 0) is 11.3 Å². The van der Waals surface area contributed by atoms with E-state index in [1.165, 1.54) is 22.9 Å². The van der Waals surface area contributed by atoms with Gasteiger partial charge in [0.2, 0.25) is 5.91 Å². The standard InChI is InChI=1S/C22H21N3O4S/c1-14-11-15(8-9-18(14)25(28)29)22(27)24-10-4-6-19(24)21(26)23-12-16-13-30-20-7-3-2-5-17(16)20/h2-3,5,7-9,11,13,19H,4,6,10,12H2,1H3,(H,23,26). The minimum absolute atomic E-state index is 0.0229. The number of thiophene rings is 1. The first-order chi connectivity index (χ1) is 14.5. The molecule has 0 saturated carbocycles. The van der Waals surface area contributed by atoms with Crippen molar-refractivity contribution in [1.82, 2.24) is 10.2 Å². The molecule has 0 radical (unpaired) electrons. The molecule has 0 bridgehead atoms. The van der Waals surface area contributed by atoms with E-state index in [0.29, 0.717) is 30.6 Å². The molecule has 3 aromatic rings.